The van der Waals surface area contributed by atoms with Crippen LogP contribution < -0.4 is 5.73 Å². The summed E-state index contributed by atoms with van der Waals surface area (Å²) in [4.78, 5) is 77.1. The fraction of sp³-hybridized carbons (Fsp3) is 0.646. The van der Waals surface area contributed by atoms with E-state index in [9.17, 15) is 28.8 Å². The van der Waals surface area contributed by atoms with E-state index >= 15 is 0 Å². The summed E-state index contributed by atoms with van der Waals surface area (Å²) in [6.07, 6.45) is 3.74. The number of hydrogen-bond donors (Lipinski definition) is 1. The molecule has 2 unspecified atom stereocenters. The molecule has 380 valence electrons. The van der Waals surface area contributed by atoms with Crippen molar-refractivity contribution < 1.29 is 52.5 Å². The monoisotopic (exact) mass is 1010 g/mol. The lowest BCUT2D eigenvalue weighted by Crippen LogP contribution is -2.45. The van der Waals surface area contributed by atoms with Crippen LogP contribution in [0.2, 0.25) is 0 Å². The number of nitrogens with zero attached hydrogens (tertiary/aromatic N) is 6. The molecule has 67 heavy (non-hydrogen) atoms. The van der Waals surface area contributed by atoms with Gasteiger partial charge in [0, 0.05) is 71.8 Å². The summed E-state index contributed by atoms with van der Waals surface area (Å²) >= 11 is 3.17. The second-order valence-corrected chi connectivity index (χ2v) is 20.6. The van der Waals surface area contributed by atoms with Gasteiger partial charge in [0.05, 0.1) is 36.4 Å². The van der Waals surface area contributed by atoms with E-state index in [0.717, 1.165) is 11.8 Å². The average molecular weight is 1010 g/mol. The van der Waals surface area contributed by atoms with E-state index in [0.29, 0.717) is 30.7 Å². The first-order valence-corrected chi connectivity index (χ1v) is 23.2. The quantitative estimate of drug-likeness (QED) is 0.0550. The molecule has 2 N–H and O–H groups in total. The number of esters is 1. The molecule has 1 heterocycles. The maximum atomic E-state index is 12.8. The van der Waals surface area contributed by atoms with Crippen LogP contribution >= 0.6 is 15.9 Å². The van der Waals surface area contributed by atoms with Crippen LogP contribution in [0.3, 0.4) is 0 Å². The maximum absolute atomic E-state index is 12.8. The lowest BCUT2D eigenvalue weighted by Gasteiger charge is -2.35. The van der Waals surface area contributed by atoms with Gasteiger partial charge in [0.15, 0.2) is 0 Å². The highest BCUT2D eigenvalue weighted by molar-refractivity contribution is 9.09. The van der Waals surface area contributed by atoms with Crippen LogP contribution in [-0.2, 0) is 33.3 Å². The Morgan fingerprint density at radius 3 is 1.36 bits per heavy atom. The molecule has 1 aromatic carbocycles. The van der Waals surface area contributed by atoms with Crippen molar-refractivity contribution in [3.8, 4) is 0 Å². The maximum Gasteiger partial charge on any atom is 0.410 e. The summed E-state index contributed by atoms with van der Waals surface area (Å²) in [7, 11) is 6.48. The van der Waals surface area contributed by atoms with Crippen molar-refractivity contribution in [2.45, 2.75) is 118 Å². The first-order valence-electron chi connectivity index (χ1n) is 22.1. The number of halogens is 1. The predicted molar refractivity (Wildman–Crippen MR) is 264 cm³/mol. The molecule has 4 amide bonds. The van der Waals surface area contributed by atoms with E-state index in [1.54, 1.807) is 99.8 Å². The topological polar surface area (TPSA) is 205 Å². The van der Waals surface area contributed by atoms with Crippen LogP contribution in [0, 0.1) is 17.8 Å². The van der Waals surface area contributed by atoms with Crippen LogP contribution in [0.1, 0.15) is 102 Å². The van der Waals surface area contributed by atoms with Gasteiger partial charge in [-0.15, -0.1) is 6.58 Å². The Balaban J connectivity index is 0.00000113. The van der Waals surface area contributed by atoms with E-state index in [4.69, 9.17) is 29.4 Å². The third-order valence-corrected chi connectivity index (χ3v) is 9.28. The number of amides is 4. The van der Waals surface area contributed by atoms with Gasteiger partial charge in [0.1, 0.15) is 28.7 Å². The average Bonchev–Trinajstić information content (AvgIpc) is 3.61. The minimum Gasteiger partial charge on any atom is -0.466 e. The second-order valence-electron chi connectivity index (χ2n) is 20.0. The van der Waals surface area contributed by atoms with E-state index in [1.165, 1.54) is 19.6 Å². The highest BCUT2D eigenvalue weighted by Crippen LogP contribution is 2.29. The van der Waals surface area contributed by atoms with Gasteiger partial charge in [-0.05, 0) is 95.6 Å². The van der Waals surface area contributed by atoms with E-state index in [1.807, 2.05) is 71.9 Å². The van der Waals surface area contributed by atoms with Gasteiger partial charge in [-0.2, -0.15) is 5.10 Å². The van der Waals surface area contributed by atoms with Crippen molar-refractivity contribution in [1.82, 2.24) is 29.4 Å². The summed E-state index contributed by atoms with van der Waals surface area (Å²) in [5, 5.41) is 5.04. The molecular formula is C48H80BrN7O11. The van der Waals surface area contributed by atoms with Gasteiger partial charge in [-0.25, -0.2) is 19.2 Å². The number of aldehydes is 1. The molecule has 0 spiro atoms. The number of ether oxygens (including phenoxy) is 5. The molecule has 0 aliphatic heterocycles. The number of hydrogen-bond acceptors (Lipinski definition) is 13. The van der Waals surface area contributed by atoms with Gasteiger partial charge in [-0.1, -0.05) is 52.3 Å². The van der Waals surface area contributed by atoms with E-state index in [-0.39, 0.29) is 36.9 Å². The van der Waals surface area contributed by atoms with E-state index in [2.05, 4.69) is 27.6 Å². The molecule has 18 nitrogen and oxygen atoms in total. The molecule has 19 heteroatoms. The molecule has 0 radical (unpaired) electrons. The number of nitrogen functional groups attached to an aromatic ring is 1. The summed E-state index contributed by atoms with van der Waals surface area (Å²) in [5.41, 5.74) is 5.04. The fourth-order valence-corrected chi connectivity index (χ4v) is 6.26. The van der Waals surface area contributed by atoms with Crippen molar-refractivity contribution in [1.29, 1.82) is 0 Å². The highest BCUT2D eigenvalue weighted by Gasteiger charge is 2.33. The van der Waals surface area contributed by atoms with Crippen LogP contribution in [0.25, 0.3) is 0 Å². The third-order valence-electron chi connectivity index (χ3n) is 8.58. The molecule has 1 aromatic heterocycles. The summed E-state index contributed by atoms with van der Waals surface area (Å²) in [6.45, 7) is 28.2. The number of nitrogens with two attached hydrogens (primary N) is 1. The summed E-state index contributed by atoms with van der Waals surface area (Å²) in [6, 6.07) is 9.52. The Hall–Kier alpha value is -5.33. The normalized spacial score (nSPS) is 12.4. The Morgan fingerprint density at radius 1 is 0.701 bits per heavy atom. The smallest absolute Gasteiger partial charge is 0.410 e. The third kappa shape index (κ3) is 26.6. The van der Waals surface area contributed by atoms with Crippen molar-refractivity contribution in [3.05, 3.63) is 60.9 Å². The SMILES string of the molecule is C=CC(CBr)C(=O)OCC.CN(CC(C=O)CN(C)C(=O)OC(C)(C)C)C(=O)OC(C)(C)C.CN(CC(CN(C)C(=O)OC(C)(C)C)C(c1ccccc1)n1cc(N)cn1)C(=O)OC(C)(C)C. The van der Waals surface area contributed by atoms with Crippen LogP contribution in [0.5, 0.6) is 0 Å². The van der Waals surface area contributed by atoms with Gasteiger partial charge < -0.3 is 53.8 Å². The van der Waals surface area contributed by atoms with Crippen molar-refractivity contribution in [2.24, 2.45) is 17.8 Å². The zero-order valence-corrected chi connectivity index (χ0v) is 44.7. The molecular weight excluding hydrogens is 930 g/mol. The molecule has 2 aromatic rings. The number of carbonyl (C=O) groups excluding carboxylic acids is 6. The number of aromatic nitrogens is 2. The largest absolute Gasteiger partial charge is 0.466 e. The minimum atomic E-state index is -0.622. The van der Waals surface area contributed by atoms with E-state index < -0.39 is 52.7 Å². The van der Waals surface area contributed by atoms with Crippen molar-refractivity contribution in [3.63, 3.8) is 0 Å². The molecule has 0 aliphatic rings. The fourth-order valence-electron chi connectivity index (χ4n) is 5.73. The lowest BCUT2D eigenvalue weighted by molar-refractivity contribution is -0.145. The lowest BCUT2D eigenvalue weighted by atomic mass is 9.92. The van der Waals surface area contributed by atoms with Gasteiger partial charge in [-0.3, -0.25) is 9.48 Å². The zero-order chi connectivity index (χ0) is 52.1. The molecule has 0 aliphatic carbocycles. The second kappa shape index (κ2) is 28.1. The minimum absolute atomic E-state index is 0.158. The van der Waals surface area contributed by atoms with Gasteiger partial charge in [0.2, 0.25) is 0 Å². The molecule has 0 fully saturated rings. The Bertz CT molecular complexity index is 1780. The molecule has 0 bridgehead atoms. The number of carbonyl (C=O) groups is 6. The predicted octanol–water partition coefficient (Wildman–Crippen LogP) is 8.69. The number of anilines is 1. The zero-order valence-electron chi connectivity index (χ0n) is 43.1. The Morgan fingerprint density at radius 2 is 1.07 bits per heavy atom. The van der Waals surface area contributed by atoms with Crippen LogP contribution in [0.15, 0.2) is 55.4 Å². The molecule has 2 atom stereocenters. The first-order chi connectivity index (χ1) is 30.7. The molecule has 0 saturated carbocycles. The van der Waals surface area contributed by atoms with Crippen molar-refractivity contribution in [2.75, 3.05) is 72.0 Å². The first kappa shape index (κ1) is 61.7. The Kier molecular flexibility index (Phi) is 25.9. The standard InChI is InChI=1S/C25H39N5O4.C16H30N2O5.C7H11BrO2/c1-24(2,3)33-22(31)28(7)15-19(16-29(8)23(32)34-25(4,5)6)21(18-12-10-9-11-13-18)30-17-20(26)14-27-30;1-15(2,3)22-13(20)17(7)9-12(11-19)10-18(8)14(21)23-16(4,5)6;1-3-6(5-8)7(9)10-4-2/h9-14,17,19,21H,15-16,26H2,1-8H3;11-12H,9-10H2,1-8H3;3,6H,1,4-5H2,2H3. The van der Waals surface area contributed by atoms with Gasteiger partial charge in [0.25, 0.3) is 0 Å². The summed E-state index contributed by atoms with van der Waals surface area (Å²) < 4.78 is 28.1. The van der Waals surface area contributed by atoms with Crippen LogP contribution in [-0.4, -0.2) is 155 Å². The Labute approximate surface area is 407 Å². The van der Waals surface area contributed by atoms with Crippen molar-refractivity contribution >= 4 is 58.2 Å². The number of alkyl halides is 1. The van der Waals surface area contributed by atoms with Crippen LogP contribution in [0.4, 0.5) is 24.9 Å². The molecule has 0 saturated heterocycles. The number of rotatable bonds is 16. The molecule has 2 rings (SSSR count). The van der Waals surface area contributed by atoms with Gasteiger partial charge >= 0.3 is 30.3 Å². The number of benzene rings is 1. The summed E-state index contributed by atoms with van der Waals surface area (Å²) in [5.74, 6) is -1.20. The highest BCUT2D eigenvalue weighted by atomic mass is 79.9.